The number of carbonyl (C=O) groups is 1. The van der Waals surface area contributed by atoms with E-state index in [4.69, 9.17) is 62.7 Å². The average Bonchev–Trinajstić information content (AvgIpc) is 3.21. The number of nitrogens with zero attached hydrogens (tertiary/aromatic N) is 1. The summed E-state index contributed by atoms with van der Waals surface area (Å²) in [4.78, 5) is 12.5. The van der Waals surface area contributed by atoms with Crippen molar-refractivity contribution in [1.82, 2.24) is 5.43 Å². The largest absolute Gasteiger partial charge is 0.488 e. The van der Waals surface area contributed by atoms with Crippen LogP contribution in [-0.4, -0.2) is 12.1 Å². The zero-order valence-corrected chi connectivity index (χ0v) is 20.4. The number of rotatable bonds is 7. The van der Waals surface area contributed by atoms with Crippen LogP contribution in [0.1, 0.15) is 25.0 Å². The van der Waals surface area contributed by atoms with Crippen molar-refractivity contribution in [2.24, 2.45) is 22.4 Å². The highest BCUT2D eigenvalue weighted by Gasteiger charge is 2.60. The van der Waals surface area contributed by atoms with Crippen molar-refractivity contribution in [3.63, 3.8) is 0 Å². The van der Waals surface area contributed by atoms with Gasteiger partial charge in [0.2, 0.25) is 5.91 Å². The van der Waals surface area contributed by atoms with Crippen molar-refractivity contribution in [2.45, 2.75) is 20.5 Å². The Hall–Kier alpha value is -1.43. The Morgan fingerprint density at radius 2 is 1.84 bits per heavy atom. The van der Waals surface area contributed by atoms with E-state index in [1.165, 1.54) is 6.21 Å². The number of nitrogens with one attached hydrogen (secondary N) is 1. The first-order chi connectivity index (χ1) is 14.6. The molecule has 2 aromatic rings. The van der Waals surface area contributed by atoms with Gasteiger partial charge in [0.05, 0.1) is 12.1 Å². The van der Waals surface area contributed by atoms with Gasteiger partial charge in [-0.3, -0.25) is 4.79 Å². The van der Waals surface area contributed by atoms with Crippen molar-refractivity contribution >= 4 is 70.1 Å². The van der Waals surface area contributed by atoms with Gasteiger partial charge in [0.15, 0.2) is 0 Å². The summed E-state index contributed by atoms with van der Waals surface area (Å²) in [7, 11) is 0. The maximum atomic E-state index is 12.5. The summed E-state index contributed by atoms with van der Waals surface area (Å²) in [5.41, 5.74) is 3.58. The molecule has 2 atom stereocenters. The SMILES string of the molecule is CC1(C)[C@H](C(=O)N/N=C\c2cc(Cl)ccc2OCc2c(Cl)cccc2Cl)[C@@H]1C=C(Cl)Cl. The topological polar surface area (TPSA) is 50.7 Å². The number of hydrogen-bond acceptors (Lipinski definition) is 3. The number of ether oxygens (including phenoxy) is 1. The third-order valence-electron chi connectivity index (χ3n) is 5.28. The Balaban J connectivity index is 1.69. The van der Waals surface area contributed by atoms with Crippen LogP contribution in [0.25, 0.3) is 0 Å². The standard InChI is InChI=1S/C22H19Cl5N2O2/c1-22(2)15(9-19(26)27)20(22)21(30)29-28-10-12-8-13(23)6-7-18(12)31-11-14-16(24)4-3-5-17(14)25/h3-10,15,20H,11H2,1-2H3,(H,29,30)/b28-10-/t15-,20-/m0/s1. The molecule has 1 amide bonds. The first-order valence-electron chi connectivity index (χ1n) is 9.32. The van der Waals surface area contributed by atoms with Gasteiger partial charge in [0, 0.05) is 26.2 Å². The highest BCUT2D eigenvalue weighted by molar-refractivity contribution is 6.55. The average molecular weight is 521 g/mol. The molecular formula is C22H19Cl5N2O2. The number of carbonyl (C=O) groups excluding carboxylic acids is 1. The Labute approximate surface area is 206 Å². The lowest BCUT2D eigenvalue weighted by Gasteiger charge is -2.12. The molecule has 0 radical (unpaired) electrons. The van der Waals surface area contributed by atoms with Crippen LogP contribution in [0.3, 0.4) is 0 Å². The van der Waals surface area contributed by atoms with Crippen LogP contribution in [0.2, 0.25) is 15.1 Å². The first kappa shape index (κ1) is 24.2. The third kappa shape index (κ3) is 5.88. The van der Waals surface area contributed by atoms with Gasteiger partial charge in [0.1, 0.15) is 16.8 Å². The summed E-state index contributed by atoms with van der Waals surface area (Å²) >= 11 is 30.0. The number of benzene rings is 2. The zero-order chi connectivity index (χ0) is 22.8. The Kier molecular flexibility index (Phi) is 7.82. The van der Waals surface area contributed by atoms with Crippen LogP contribution in [0.5, 0.6) is 5.75 Å². The molecule has 1 fully saturated rings. The molecule has 1 aliphatic rings. The van der Waals surface area contributed by atoms with E-state index in [0.29, 0.717) is 31.9 Å². The molecule has 1 N–H and O–H groups in total. The molecule has 0 unspecified atom stereocenters. The van der Waals surface area contributed by atoms with Gasteiger partial charge >= 0.3 is 0 Å². The normalized spacial score (nSPS) is 19.2. The van der Waals surface area contributed by atoms with E-state index in [9.17, 15) is 4.79 Å². The summed E-state index contributed by atoms with van der Waals surface area (Å²) in [6.45, 7) is 4.11. The van der Waals surface area contributed by atoms with E-state index in [2.05, 4.69) is 10.5 Å². The molecule has 0 bridgehead atoms. The van der Waals surface area contributed by atoms with Gasteiger partial charge in [0.25, 0.3) is 0 Å². The molecule has 2 aromatic carbocycles. The highest BCUT2D eigenvalue weighted by atomic mass is 35.5. The summed E-state index contributed by atoms with van der Waals surface area (Å²) in [6.07, 6.45) is 3.15. The minimum absolute atomic E-state index is 0.0434. The lowest BCUT2D eigenvalue weighted by atomic mass is 10.1. The second-order valence-corrected chi connectivity index (χ2v) is 9.95. The van der Waals surface area contributed by atoms with Gasteiger partial charge in [-0.1, -0.05) is 77.9 Å². The second kappa shape index (κ2) is 10.0. The summed E-state index contributed by atoms with van der Waals surface area (Å²) in [5.74, 6) is -0.0166. The van der Waals surface area contributed by atoms with E-state index in [0.717, 1.165) is 0 Å². The smallest absolute Gasteiger partial charge is 0.244 e. The molecule has 0 spiro atoms. The van der Waals surface area contributed by atoms with E-state index in [1.54, 1.807) is 42.5 Å². The van der Waals surface area contributed by atoms with Crippen LogP contribution in [-0.2, 0) is 11.4 Å². The van der Waals surface area contributed by atoms with Crippen molar-refractivity contribution in [3.8, 4) is 5.75 Å². The maximum Gasteiger partial charge on any atom is 0.244 e. The molecule has 1 saturated carbocycles. The van der Waals surface area contributed by atoms with E-state index in [1.807, 2.05) is 13.8 Å². The third-order valence-corrected chi connectivity index (χ3v) is 6.48. The van der Waals surface area contributed by atoms with Gasteiger partial charge < -0.3 is 4.74 Å². The molecular weight excluding hydrogens is 502 g/mol. The molecule has 0 heterocycles. The Bertz CT molecular complexity index is 1030. The Morgan fingerprint density at radius 3 is 2.48 bits per heavy atom. The van der Waals surface area contributed by atoms with Crippen LogP contribution in [0.15, 0.2) is 52.1 Å². The fourth-order valence-corrected chi connectivity index (χ4v) is 4.39. The highest BCUT2D eigenvalue weighted by Crippen LogP contribution is 2.59. The fraction of sp³-hybridized carbons (Fsp3) is 0.273. The number of amides is 1. The number of hydrazone groups is 1. The van der Waals surface area contributed by atoms with Crippen molar-refractivity contribution in [2.75, 3.05) is 0 Å². The van der Waals surface area contributed by atoms with Crippen LogP contribution in [0, 0.1) is 17.3 Å². The minimum atomic E-state index is -0.269. The molecule has 3 rings (SSSR count). The first-order valence-corrected chi connectivity index (χ1v) is 11.2. The van der Waals surface area contributed by atoms with Crippen molar-refractivity contribution in [3.05, 3.63) is 73.2 Å². The number of hydrogen-bond donors (Lipinski definition) is 1. The quantitative estimate of drug-likeness (QED) is 0.308. The van der Waals surface area contributed by atoms with Gasteiger partial charge in [-0.25, -0.2) is 5.43 Å². The lowest BCUT2D eigenvalue weighted by molar-refractivity contribution is -0.123. The molecule has 4 nitrogen and oxygen atoms in total. The van der Waals surface area contributed by atoms with Gasteiger partial charge in [-0.15, -0.1) is 0 Å². The van der Waals surface area contributed by atoms with E-state index in [-0.39, 0.29) is 34.3 Å². The molecule has 0 aromatic heterocycles. The zero-order valence-electron chi connectivity index (χ0n) is 16.6. The molecule has 0 aliphatic heterocycles. The molecule has 9 heteroatoms. The molecule has 0 saturated heterocycles. The molecule has 164 valence electrons. The monoisotopic (exact) mass is 518 g/mol. The lowest BCUT2D eigenvalue weighted by Crippen LogP contribution is -2.22. The predicted octanol–water partition coefficient (Wildman–Crippen LogP) is 7.27. The van der Waals surface area contributed by atoms with Crippen molar-refractivity contribution in [1.29, 1.82) is 0 Å². The Morgan fingerprint density at radius 1 is 1.16 bits per heavy atom. The van der Waals surface area contributed by atoms with E-state index >= 15 is 0 Å². The summed E-state index contributed by atoms with van der Waals surface area (Å²) < 4.78 is 6.03. The second-order valence-electron chi connectivity index (χ2n) is 7.69. The molecule has 1 aliphatic carbocycles. The fourth-order valence-electron chi connectivity index (χ4n) is 3.43. The number of allylic oxidation sites excluding steroid dienone is 1. The van der Waals surface area contributed by atoms with E-state index < -0.39 is 0 Å². The molecule has 31 heavy (non-hydrogen) atoms. The van der Waals surface area contributed by atoms with Gasteiger partial charge in [-0.2, -0.15) is 5.10 Å². The minimum Gasteiger partial charge on any atom is -0.488 e. The number of halogens is 5. The van der Waals surface area contributed by atoms with Crippen LogP contribution in [0.4, 0.5) is 0 Å². The van der Waals surface area contributed by atoms with Crippen molar-refractivity contribution < 1.29 is 9.53 Å². The summed E-state index contributed by atoms with van der Waals surface area (Å²) in [6, 6.07) is 10.3. The maximum absolute atomic E-state index is 12.5. The van der Waals surface area contributed by atoms with Gasteiger partial charge in [-0.05, 0) is 47.7 Å². The summed E-state index contributed by atoms with van der Waals surface area (Å²) in [5, 5.41) is 5.59. The van der Waals surface area contributed by atoms with Crippen LogP contribution < -0.4 is 10.2 Å². The van der Waals surface area contributed by atoms with Crippen LogP contribution >= 0.6 is 58.0 Å². The predicted molar refractivity (Wildman–Crippen MR) is 129 cm³/mol.